The fourth-order valence-corrected chi connectivity index (χ4v) is 3.22. The average molecular weight is 306 g/mol. The van der Waals surface area contributed by atoms with E-state index in [4.69, 9.17) is 4.42 Å². The zero-order valence-corrected chi connectivity index (χ0v) is 12.7. The molecule has 1 saturated carbocycles. The van der Waals surface area contributed by atoms with Gasteiger partial charge in [0.05, 0.1) is 0 Å². The van der Waals surface area contributed by atoms with Crippen LogP contribution in [0.15, 0.2) is 20.1 Å². The summed E-state index contributed by atoms with van der Waals surface area (Å²) >= 11 is 0. The summed E-state index contributed by atoms with van der Waals surface area (Å²) in [5.74, 6) is 1.29. The first-order valence-corrected chi connectivity index (χ1v) is 7.65. The van der Waals surface area contributed by atoms with E-state index in [0.717, 1.165) is 12.3 Å². The Hall–Kier alpha value is -1.98. The molecule has 2 aromatic heterocycles. The van der Waals surface area contributed by atoms with Crippen molar-refractivity contribution in [2.75, 3.05) is 0 Å². The van der Waals surface area contributed by atoms with E-state index >= 15 is 0 Å². The fraction of sp³-hybridized carbons (Fsp3) is 0.562. The summed E-state index contributed by atoms with van der Waals surface area (Å²) in [6, 6.07) is 1.35. The van der Waals surface area contributed by atoms with Crippen molar-refractivity contribution >= 4 is 11.1 Å². The van der Waals surface area contributed by atoms with Gasteiger partial charge < -0.3 is 9.40 Å². The number of aryl methyl sites for hydroxylation is 1. The quantitative estimate of drug-likeness (QED) is 0.942. The Bertz CT molecular complexity index is 803. The molecular formula is C16H19FN2O3. The highest BCUT2D eigenvalue weighted by atomic mass is 19.1. The first kappa shape index (κ1) is 14.9. The molecule has 1 fully saturated rings. The minimum Gasteiger partial charge on any atom is -0.403 e. The molecule has 0 amide bonds. The smallest absolute Gasteiger partial charge is 0.337 e. The Balaban J connectivity index is 1.98. The lowest BCUT2D eigenvalue weighted by Gasteiger charge is -2.32. The number of hydrogen-bond donors (Lipinski definition) is 1. The van der Waals surface area contributed by atoms with Crippen molar-refractivity contribution in [3.63, 3.8) is 0 Å². The van der Waals surface area contributed by atoms with Gasteiger partial charge in [0.1, 0.15) is 11.2 Å². The van der Waals surface area contributed by atoms with Crippen molar-refractivity contribution in [3.05, 3.63) is 38.2 Å². The van der Waals surface area contributed by atoms with Crippen LogP contribution < -0.4 is 11.2 Å². The Morgan fingerprint density at radius 2 is 2.18 bits per heavy atom. The zero-order valence-electron chi connectivity index (χ0n) is 12.7. The molecule has 22 heavy (non-hydrogen) atoms. The van der Waals surface area contributed by atoms with E-state index in [-0.39, 0.29) is 16.9 Å². The van der Waals surface area contributed by atoms with Crippen molar-refractivity contribution in [1.82, 2.24) is 9.97 Å². The molecule has 1 atom stereocenters. The van der Waals surface area contributed by atoms with Gasteiger partial charge in [-0.05, 0) is 50.0 Å². The van der Waals surface area contributed by atoms with Crippen LogP contribution in [0.2, 0.25) is 0 Å². The largest absolute Gasteiger partial charge is 0.403 e. The third-order valence-electron chi connectivity index (χ3n) is 4.39. The van der Waals surface area contributed by atoms with Gasteiger partial charge in [-0.25, -0.2) is 9.18 Å². The van der Waals surface area contributed by atoms with Crippen LogP contribution in [-0.4, -0.2) is 9.97 Å². The maximum atomic E-state index is 13.3. The van der Waals surface area contributed by atoms with E-state index in [9.17, 15) is 14.0 Å². The van der Waals surface area contributed by atoms with Gasteiger partial charge in [-0.1, -0.05) is 6.92 Å². The minimum absolute atomic E-state index is 0.0762. The molecule has 0 spiro atoms. The minimum atomic E-state index is -1.43. The van der Waals surface area contributed by atoms with Crippen molar-refractivity contribution in [2.24, 2.45) is 11.8 Å². The van der Waals surface area contributed by atoms with E-state index in [0.29, 0.717) is 17.9 Å². The Labute approximate surface area is 126 Å². The summed E-state index contributed by atoms with van der Waals surface area (Å²) in [7, 11) is 0. The first-order chi connectivity index (χ1) is 10.4. The third-order valence-corrected chi connectivity index (χ3v) is 4.39. The van der Waals surface area contributed by atoms with Crippen LogP contribution in [0.25, 0.3) is 11.1 Å². The Kier molecular flexibility index (Phi) is 3.85. The van der Waals surface area contributed by atoms with Gasteiger partial charge in [-0.3, -0.25) is 4.79 Å². The summed E-state index contributed by atoms with van der Waals surface area (Å²) in [5, 5.41) is 0.261. The van der Waals surface area contributed by atoms with E-state index < -0.39 is 17.4 Å². The number of hydrogen-bond acceptors (Lipinski definition) is 4. The number of fused-ring (bicyclic) bond motifs is 1. The second kappa shape index (κ2) is 5.66. The van der Waals surface area contributed by atoms with Gasteiger partial charge >= 0.3 is 5.63 Å². The van der Waals surface area contributed by atoms with Crippen LogP contribution in [0.4, 0.5) is 4.39 Å². The summed E-state index contributed by atoms with van der Waals surface area (Å²) in [6.07, 6.45) is 2.52. The van der Waals surface area contributed by atoms with Crippen LogP contribution in [0, 0.1) is 11.8 Å². The Morgan fingerprint density at radius 1 is 1.45 bits per heavy atom. The maximum absolute atomic E-state index is 13.3. The summed E-state index contributed by atoms with van der Waals surface area (Å²) in [4.78, 5) is 30.2. The molecule has 0 aromatic carbocycles. The van der Waals surface area contributed by atoms with Gasteiger partial charge in [0.2, 0.25) is 5.71 Å². The van der Waals surface area contributed by atoms with Gasteiger partial charge in [-0.2, -0.15) is 4.98 Å². The predicted octanol–water partition coefficient (Wildman–Crippen LogP) is 2.89. The molecule has 2 aromatic rings. The molecule has 1 unspecified atom stereocenters. The second-order valence-electron chi connectivity index (χ2n) is 6.32. The number of nitrogens with one attached hydrogen (secondary N) is 1. The van der Waals surface area contributed by atoms with E-state index in [1.807, 2.05) is 0 Å². The average Bonchev–Trinajstić information content (AvgIpc) is 2.41. The second-order valence-corrected chi connectivity index (χ2v) is 6.32. The monoisotopic (exact) mass is 306 g/mol. The van der Waals surface area contributed by atoms with Gasteiger partial charge in [0.25, 0.3) is 5.56 Å². The molecule has 1 aliphatic carbocycles. The summed E-state index contributed by atoms with van der Waals surface area (Å²) in [6.45, 7) is 3.49. The lowest BCUT2D eigenvalue weighted by atomic mass is 9.73. The molecule has 1 aliphatic rings. The lowest BCUT2D eigenvalue weighted by molar-refractivity contribution is 0.200. The molecule has 6 heteroatoms. The van der Waals surface area contributed by atoms with Crippen molar-refractivity contribution < 1.29 is 8.81 Å². The topological polar surface area (TPSA) is 76.0 Å². The van der Waals surface area contributed by atoms with Crippen LogP contribution >= 0.6 is 0 Å². The summed E-state index contributed by atoms with van der Waals surface area (Å²) < 4.78 is 18.3. The molecule has 2 heterocycles. The van der Waals surface area contributed by atoms with Gasteiger partial charge in [0, 0.05) is 6.07 Å². The highest BCUT2D eigenvalue weighted by Crippen LogP contribution is 2.36. The Morgan fingerprint density at radius 3 is 2.82 bits per heavy atom. The SMILES string of the molecule is CC1CC(CCc2cc(=O)oc3nc(C(C)F)[nH]c(=O)c23)C1. The van der Waals surface area contributed by atoms with Crippen molar-refractivity contribution in [1.29, 1.82) is 0 Å². The standard InChI is InChI=1S/C16H19FN2O3/c1-8-5-10(6-8)3-4-11-7-12(20)22-16-13(11)15(21)18-14(19-16)9(2)17/h7-10H,3-6H2,1-2H3,(H,18,19,21). The maximum Gasteiger partial charge on any atom is 0.337 e. The highest BCUT2D eigenvalue weighted by Gasteiger charge is 2.25. The molecule has 0 radical (unpaired) electrons. The molecule has 0 aliphatic heterocycles. The number of nitrogens with zero attached hydrogens (tertiary/aromatic N) is 1. The molecule has 1 N–H and O–H groups in total. The normalized spacial score (nSPS) is 22.5. The molecule has 118 valence electrons. The number of H-pyrrole nitrogens is 1. The van der Waals surface area contributed by atoms with Crippen LogP contribution in [0.1, 0.15) is 50.7 Å². The molecule has 3 rings (SSSR count). The van der Waals surface area contributed by atoms with E-state index in [1.54, 1.807) is 0 Å². The van der Waals surface area contributed by atoms with Crippen molar-refractivity contribution in [2.45, 2.75) is 45.7 Å². The highest BCUT2D eigenvalue weighted by molar-refractivity contribution is 5.75. The number of rotatable bonds is 4. The number of aromatic nitrogens is 2. The number of alkyl halides is 1. The third kappa shape index (κ3) is 2.82. The molecule has 5 nitrogen and oxygen atoms in total. The number of halogens is 1. The number of aromatic amines is 1. The van der Waals surface area contributed by atoms with Gasteiger partial charge in [0.15, 0.2) is 6.17 Å². The molecule has 0 bridgehead atoms. The van der Waals surface area contributed by atoms with Crippen LogP contribution in [0.3, 0.4) is 0 Å². The first-order valence-electron chi connectivity index (χ1n) is 7.65. The predicted molar refractivity (Wildman–Crippen MR) is 80.6 cm³/mol. The molecule has 0 saturated heterocycles. The van der Waals surface area contributed by atoms with Gasteiger partial charge in [-0.15, -0.1) is 0 Å². The summed E-state index contributed by atoms with van der Waals surface area (Å²) in [5.41, 5.74) is -0.449. The van der Waals surface area contributed by atoms with Crippen LogP contribution in [0.5, 0.6) is 0 Å². The zero-order chi connectivity index (χ0) is 15.9. The van der Waals surface area contributed by atoms with E-state index in [2.05, 4.69) is 16.9 Å². The fourth-order valence-electron chi connectivity index (χ4n) is 3.22. The van der Waals surface area contributed by atoms with Crippen LogP contribution in [-0.2, 0) is 6.42 Å². The molecular weight excluding hydrogens is 287 g/mol. The van der Waals surface area contributed by atoms with Crippen molar-refractivity contribution in [3.8, 4) is 0 Å². The lowest BCUT2D eigenvalue weighted by Crippen LogP contribution is -2.22. The van der Waals surface area contributed by atoms with E-state index in [1.165, 1.54) is 25.8 Å².